The summed E-state index contributed by atoms with van der Waals surface area (Å²) in [7, 11) is 1.36. The number of methoxy groups -OCH3 is 1. The molecule has 1 aromatic carbocycles. The van der Waals surface area contributed by atoms with E-state index in [2.05, 4.69) is 20.5 Å². The number of carbonyl (C=O) groups excluding carboxylic acids is 3. The van der Waals surface area contributed by atoms with Crippen molar-refractivity contribution >= 4 is 35.3 Å². The van der Waals surface area contributed by atoms with Crippen LogP contribution < -0.4 is 15.5 Å². The van der Waals surface area contributed by atoms with Gasteiger partial charge >= 0.3 is 12.1 Å². The van der Waals surface area contributed by atoms with Gasteiger partial charge in [-0.1, -0.05) is 12.5 Å². The topological polar surface area (TPSA) is 141 Å². The molecule has 3 amide bonds. The van der Waals surface area contributed by atoms with Crippen molar-refractivity contribution in [3.8, 4) is 0 Å². The summed E-state index contributed by atoms with van der Waals surface area (Å²) < 4.78 is 4.86. The molecule has 1 aliphatic heterocycles. The van der Waals surface area contributed by atoms with Crippen molar-refractivity contribution in [2.24, 2.45) is 5.92 Å². The maximum absolute atomic E-state index is 13.2. The maximum Gasteiger partial charge on any atom is 0.409 e. The highest BCUT2D eigenvalue weighted by Gasteiger charge is 2.28. The number of aliphatic carboxylic acids is 1. The van der Waals surface area contributed by atoms with Crippen molar-refractivity contribution in [1.29, 1.82) is 0 Å². The van der Waals surface area contributed by atoms with Gasteiger partial charge in [0.1, 0.15) is 0 Å². The van der Waals surface area contributed by atoms with Gasteiger partial charge in [0, 0.05) is 50.1 Å². The molecule has 38 heavy (non-hydrogen) atoms. The van der Waals surface area contributed by atoms with Crippen LogP contribution >= 0.6 is 0 Å². The van der Waals surface area contributed by atoms with Gasteiger partial charge in [-0.3, -0.25) is 19.4 Å². The SMILES string of the molecule is COC(=O)N1CCCN(c2ccc(C(=O)NC(CC(=O)O)c3cccnc3)cc2NC(=O)C2CCC2)CC1. The molecule has 2 heterocycles. The zero-order valence-electron chi connectivity index (χ0n) is 21.4. The van der Waals surface area contributed by atoms with Crippen LogP contribution in [0.3, 0.4) is 0 Å². The van der Waals surface area contributed by atoms with Gasteiger partial charge in [-0.25, -0.2) is 4.79 Å². The Balaban J connectivity index is 1.58. The summed E-state index contributed by atoms with van der Waals surface area (Å²) in [5.74, 6) is -1.64. The molecule has 1 aromatic heterocycles. The van der Waals surface area contributed by atoms with Crippen LogP contribution in [0.25, 0.3) is 0 Å². The fourth-order valence-electron chi connectivity index (χ4n) is 4.68. The Bertz CT molecular complexity index is 1170. The second-order valence-electron chi connectivity index (χ2n) is 9.56. The molecule has 202 valence electrons. The Morgan fingerprint density at radius 2 is 1.92 bits per heavy atom. The first-order valence-corrected chi connectivity index (χ1v) is 12.8. The van der Waals surface area contributed by atoms with Gasteiger partial charge in [0.2, 0.25) is 5.91 Å². The number of amides is 3. The highest BCUT2D eigenvalue weighted by molar-refractivity contribution is 6.01. The third-order valence-corrected chi connectivity index (χ3v) is 7.03. The normalized spacial score (nSPS) is 16.6. The second kappa shape index (κ2) is 12.4. The third kappa shape index (κ3) is 6.58. The minimum absolute atomic E-state index is 0.0511. The summed E-state index contributed by atoms with van der Waals surface area (Å²) in [4.78, 5) is 57.3. The van der Waals surface area contributed by atoms with Crippen LogP contribution in [0.1, 0.15) is 54.1 Å². The Morgan fingerprint density at radius 1 is 1.11 bits per heavy atom. The standard InChI is InChI=1S/C27H33N5O6/c1-38-27(37)32-12-4-11-31(13-14-32)23-9-8-19(15-22(23)30-25(35)18-5-2-6-18)26(36)29-21(16-24(33)34)20-7-3-10-28-17-20/h3,7-10,15,17-18,21H,2,4-6,11-14,16H2,1H3,(H,29,36)(H,30,35)(H,33,34). The number of aromatic nitrogens is 1. The first-order valence-electron chi connectivity index (χ1n) is 12.8. The molecule has 0 spiro atoms. The lowest BCUT2D eigenvalue weighted by Gasteiger charge is -2.29. The third-order valence-electron chi connectivity index (χ3n) is 7.03. The molecule has 0 radical (unpaired) electrons. The number of nitrogens with one attached hydrogen (secondary N) is 2. The smallest absolute Gasteiger partial charge is 0.409 e. The van der Waals surface area contributed by atoms with Gasteiger partial charge in [-0.15, -0.1) is 0 Å². The number of nitrogens with zero attached hydrogens (tertiary/aromatic N) is 3. The zero-order valence-corrected chi connectivity index (χ0v) is 21.4. The molecule has 1 atom stereocenters. The first kappa shape index (κ1) is 26.9. The van der Waals surface area contributed by atoms with Crippen LogP contribution in [0.15, 0.2) is 42.7 Å². The number of carboxylic acids is 1. The highest BCUT2D eigenvalue weighted by Crippen LogP contribution is 2.32. The molecule has 1 saturated heterocycles. The molecular formula is C27H33N5O6. The van der Waals surface area contributed by atoms with Gasteiger partial charge in [-0.05, 0) is 49.1 Å². The number of carboxylic acid groups (broad SMARTS) is 1. The molecule has 1 unspecified atom stereocenters. The Morgan fingerprint density at radius 3 is 2.58 bits per heavy atom. The lowest BCUT2D eigenvalue weighted by Crippen LogP contribution is -2.35. The minimum Gasteiger partial charge on any atom is -0.481 e. The second-order valence-corrected chi connectivity index (χ2v) is 9.56. The Kier molecular flexibility index (Phi) is 8.77. The maximum atomic E-state index is 13.2. The Labute approximate surface area is 221 Å². The largest absolute Gasteiger partial charge is 0.481 e. The van der Waals surface area contributed by atoms with Gasteiger partial charge in [0.25, 0.3) is 5.91 Å². The fraction of sp³-hybridized carbons (Fsp3) is 0.444. The predicted molar refractivity (Wildman–Crippen MR) is 140 cm³/mol. The van der Waals surface area contributed by atoms with E-state index in [0.29, 0.717) is 43.0 Å². The summed E-state index contributed by atoms with van der Waals surface area (Å²) in [6.45, 7) is 2.22. The van der Waals surface area contributed by atoms with Gasteiger partial charge in [0.15, 0.2) is 0 Å². The number of anilines is 2. The van der Waals surface area contributed by atoms with Crippen LogP contribution in [0.5, 0.6) is 0 Å². The average molecular weight is 524 g/mol. The first-order chi connectivity index (χ1) is 18.4. The number of hydrogen-bond donors (Lipinski definition) is 3. The minimum atomic E-state index is -1.05. The van der Waals surface area contributed by atoms with E-state index in [4.69, 9.17) is 4.74 Å². The highest BCUT2D eigenvalue weighted by atomic mass is 16.5. The lowest BCUT2D eigenvalue weighted by molar-refractivity contribution is -0.137. The number of rotatable bonds is 8. The zero-order chi connectivity index (χ0) is 27.1. The van der Waals surface area contributed by atoms with Gasteiger partial charge in [-0.2, -0.15) is 0 Å². The summed E-state index contributed by atoms with van der Waals surface area (Å²) >= 11 is 0. The van der Waals surface area contributed by atoms with Crippen LogP contribution in [-0.4, -0.2) is 72.2 Å². The molecule has 11 nitrogen and oxygen atoms in total. The van der Waals surface area contributed by atoms with Crippen LogP contribution in [0.4, 0.5) is 16.2 Å². The van der Waals surface area contributed by atoms with Crippen molar-refractivity contribution in [2.75, 3.05) is 43.5 Å². The van der Waals surface area contributed by atoms with E-state index in [1.54, 1.807) is 41.4 Å². The molecule has 11 heteroatoms. The Hall–Kier alpha value is -4.15. The number of pyridine rings is 1. The number of benzene rings is 1. The van der Waals surface area contributed by atoms with Crippen molar-refractivity contribution in [2.45, 2.75) is 38.1 Å². The van der Waals surface area contributed by atoms with E-state index in [0.717, 1.165) is 31.4 Å². The van der Waals surface area contributed by atoms with Gasteiger partial charge in [0.05, 0.1) is 30.9 Å². The number of ether oxygens (including phenoxy) is 1. The molecule has 3 N–H and O–H groups in total. The van der Waals surface area contributed by atoms with Crippen molar-refractivity contribution < 1.29 is 29.0 Å². The van der Waals surface area contributed by atoms with E-state index in [1.807, 2.05) is 0 Å². The van der Waals surface area contributed by atoms with Crippen molar-refractivity contribution in [1.82, 2.24) is 15.2 Å². The lowest BCUT2D eigenvalue weighted by atomic mass is 9.85. The predicted octanol–water partition coefficient (Wildman–Crippen LogP) is 3.04. The van der Waals surface area contributed by atoms with E-state index in [-0.39, 0.29) is 24.3 Å². The summed E-state index contributed by atoms with van der Waals surface area (Å²) in [6, 6.07) is 7.71. The molecule has 1 aliphatic carbocycles. The summed E-state index contributed by atoms with van der Waals surface area (Å²) in [5.41, 5.74) is 2.15. The molecule has 2 aliphatic rings. The molecule has 2 fully saturated rings. The monoisotopic (exact) mass is 523 g/mol. The van der Waals surface area contributed by atoms with Crippen LogP contribution in [-0.2, 0) is 14.3 Å². The van der Waals surface area contributed by atoms with Crippen LogP contribution in [0.2, 0.25) is 0 Å². The fourth-order valence-corrected chi connectivity index (χ4v) is 4.68. The number of carbonyl (C=O) groups is 4. The summed E-state index contributed by atoms with van der Waals surface area (Å²) in [5, 5.41) is 15.2. The van der Waals surface area contributed by atoms with Crippen LogP contribution in [0, 0.1) is 5.92 Å². The van der Waals surface area contributed by atoms with Gasteiger partial charge < -0.3 is 30.3 Å². The molecule has 0 bridgehead atoms. The molecule has 2 aromatic rings. The van der Waals surface area contributed by atoms with E-state index in [9.17, 15) is 24.3 Å². The van der Waals surface area contributed by atoms with E-state index < -0.39 is 17.9 Å². The quantitative estimate of drug-likeness (QED) is 0.480. The van der Waals surface area contributed by atoms with E-state index >= 15 is 0 Å². The van der Waals surface area contributed by atoms with Crippen molar-refractivity contribution in [3.05, 3.63) is 53.9 Å². The molecule has 1 saturated carbocycles. The average Bonchev–Trinajstić information content (AvgIpc) is 3.13. The van der Waals surface area contributed by atoms with Crippen molar-refractivity contribution in [3.63, 3.8) is 0 Å². The number of hydrogen-bond acceptors (Lipinski definition) is 7. The summed E-state index contributed by atoms with van der Waals surface area (Å²) in [6.07, 6.45) is 5.83. The molecule has 4 rings (SSSR count). The molecular weight excluding hydrogens is 490 g/mol. The van der Waals surface area contributed by atoms with E-state index in [1.165, 1.54) is 13.3 Å².